The molecule has 0 amide bonds. The van der Waals surface area contributed by atoms with Crippen LogP contribution in [0.15, 0.2) is 8.47 Å². The van der Waals surface area contributed by atoms with Gasteiger partial charge in [-0.1, -0.05) is 38.5 Å². The molecule has 6 fully saturated rings. The van der Waals surface area contributed by atoms with E-state index in [0.717, 1.165) is 44.7 Å². The van der Waals surface area contributed by atoms with Gasteiger partial charge in [-0.2, -0.15) is 0 Å². The quantitative estimate of drug-likeness (QED) is 0.389. The van der Waals surface area contributed by atoms with Gasteiger partial charge >= 0.3 is 0 Å². The van der Waals surface area contributed by atoms with E-state index in [2.05, 4.69) is 47.0 Å². The Kier molecular flexibility index (Phi) is 5.13. The van der Waals surface area contributed by atoms with Crippen LogP contribution < -0.4 is 0 Å². The van der Waals surface area contributed by atoms with Crippen molar-refractivity contribution in [1.82, 2.24) is 0 Å². The van der Waals surface area contributed by atoms with Crippen LogP contribution >= 0.6 is 47.0 Å². The molecule has 0 nitrogen and oxygen atoms in total. The lowest BCUT2D eigenvalue weighted by atomic mass is 9.70. The molecule has 2 aliphatic heterocycles. The van der Waals surface area contributed by atoms with Crippen LogP contribution in [0.1, 0.15) is 77.0 Å². The molecule has 0 aromatic carbocycles. The summed E-state index contributed by atoms with van der Waals surface area (Å²) in [5, 5.41) is 3.84. The first-order valence-corrected chi connectivity index (χ1v) is 14.8. The summed E-state index contributed by atoms with van der Waals surface area (Å²) in [4.78, 5) is 0. The Morgan fingerprint density at radius 3 is 1.42 bits per heavy atom. The van der Waals surface area contributed by atoms with Crippen LogP contribution in [-0.2, 0) is 0 Å². The van der Waals surface area contributed by atoms with Crippen molar-refractivity contribution in [2.45, 2.75) is 98.0 Å². The van der Waals surface area contributed by atoms with Gasteiger partial charge in [-0.3, -0.25) is 0 Å². The molecule has 144 valence electrons. The Labute approximate surface area is 176 Å². The highest BCUT2D eigenvalue weighted by Gasteiger charge is 2.49. The first-order chi connectivity index (χ1) is 12.9. The summed E-state index contributed by atoms with van der Waals surface area (Å²) >= 11 is 9.35. The third-order valence-electron chi connectivity index (χ3n) is 8.33. The minimum atomic E-state index is 0.952. The summed E-state index contributed by atoms with van der Waals surface area (Å²) in [5.41, 5.74) is 0. The predicted octanol–water partition coefficient (Wildman–Crippen LogP) is 7.75. The second-order valence-electron chi connectivity index (χ2n) is 9.62. The molecule has 0 aromatic heterocycles. The fraction of sp³-hybridized carbons (Fsp3) is 0.909. The molecular formula is C22H32S4. The molecule has 4 heteroatoms. The second kappa shape index (κ2) is 7.43. The summed E-state index contributed by atoms with van der Waals surface area (Å²) < 4.78 is 3.56. The molecule has 0 aromatic rings. The van der Waals surface area contributed by atoms with Crippen molar-refractivity contribution in [2.24, 2.45) is 23.7 Å². The van der Waals surface area contributed by atoms with Crippen LogP contribution in [0.4, 0.5) is 0 Å². The molecule has 26 heavy (non-hydrogen) atoms. The van der Waals surface area contributed by atoms with Crippen molar-refractivity contribution >= 4 is 47.0 Å². The van der Waals surface area contributed by atoms with Gasteiger partial charge in [-0.05, 0) is 62.2 Å². The molecule has 6 aliphatic rings. The molecule has 0 N–H and O–H groups in total. The van der Waals surface area contributed by atoms with Crippen molar-refractivity contribution in [3.63, 3.8) is 0 Å². The lowest BCUT2D eigenvalue weighted by molar-refractivity contribution is 0.183. The lowest BCUT2D eigenvalue weighted by Gasteiger charge is -2.41. The van der Waals surface area contributed by atoms with Gasteiger partial charge < -0.3 is 0 Å². The van der Waals surface area contributed by atoms with E-state index in [9.17, 15) is 0 Å². The van der Waals surface area contributed by atoms with E-state index in [1.807, 2.05) is 0 Å². The van der Waals surface area contributed by atoms with E-state index in [0.29, 0.717) is 0 Å². The second-order valence-corrected chi connectivity index (χ2v) is 15.0. The maximum atomic E-state index is 2.35. The Bertz CT molecular complexity index is 537. The minimum Gasteiger partial charge on any atom is -0.113 e. The van der Waals surface area contributed by atoms with Gasteiger partial charge in [0.2, 0.25) is 0 Å². The third-order valence-corrected chi connectivity index (χ3v) is 15.6. The first-order valence-electron chi connectivity index (χ1n) is 11.3. The van der Waals surface area contributed by atoms with E-state index in [1.165, 1.54) is 64.2 Å². The largest absolute Gasteiger partial charge is 0.113 e. The monoisotopic (exact) mass is 424 g/mol. The Morgan fingerprint density at radius 1 is 0.462 bits per heavy atom. The smallest absolute Gasteiger partial charge is 0.0608 e. The number of fused-ring (bicyclic) bond motifs is 6. The van der Waals surface area contributed by atoms with Crippen molar-refractivity contribution in [3.8, 4) is 0 Å². The highest BCUT2D eigenvalue weighted by atomic mass is 32.2. The predicted molar refractivity (Wildman–Crippen MR) is 122 cm³/mol. The molecule has 4 saturated carbocycles. The summed E-state index contributed by atoms with van der Waals surface area (Å²) in [6.07, 6.45) is 18.3. The van der Waals surface area contributed by atoms with Gasteiger partial charge in [-0.25, -0.2) is 0 Å². The van der Waals surface area contributed by atoms with Crippen molar-refractivity contribution < 1.29 is 0 Å². The number of rotatable bonds is 0. The van der Waals surface area contributed by atoms with E-state index in [1.54, 1.807) is 21.3 Å². The van der Waals surface area contributed by atoms with Crippen LogP contribution in [0.25, 0.3) is 0 Å². The van der Waals surface area contributed by atoms with Crippen LogP contribution in [0.3, 0.4) is 0 Å². The molecule has 0 bridgehead atoms. The summed E-state index contributed by atoms with van der Waals surface area (Å²) in [5.74, 6) is 4.27. The van der Waals surface area contributed by atoms with Crippen molar-refractivity contribution in [2.75, 3.05) is 0 Å². The fourth-order valence-corrected chi connectivity index (χ4v) is 15.0. The number of thioether (sulfide) groups is 4. The molecule has 0 radical (unpaired) electrons. The van der Waals surface area contributed by atoms with Crippen LogP contribution in [0.2, 0.25) is 0 Å². The number of hydrogen-bond acceptors (Lipinski definition) is 4. The van der Waals surface area contributed by atoms with E-state index >= 15 is 0 Å². The third kappa shape index (κ3) is 3.06. The average molecular weight is 425 g/mol. The van der Waals surface area contributed by atoms with Gasteiger partial charge in [0, 0.05) is 21.0 Å². The first kappa shape index (κ1) is 18.0. The van der Waals surface area contributed by atoms with Gasteiger partial charge in [0.15, 0.2) is 0 Å². The van der Waals surface area contributed by atoms with Crippen LogP contribution in [0.5, 0.6) is 0 Å². The molecule has 4 aliphatic carbocycles. The highest BCUT2D eigenvalue weighted by Crippen LogP contribution is 2.65. The summed E-state index contributed by atoms with van der Waals surface area (Å²) in [7, 11) is 0. The topological polar surface area (TPSA) is 0 Å². The Morgan fingerprint density at radius 2 is 0.923 bits per heavy atom. The average Bonchev–Trinajstić information content (AvgIpc) is 3.32. The zero-order valence-corrected chi connectivity index (χ0v) is 19.0. The van der Waals surface area contributed by atoms with E-state index in [-0.39, 0.29) is 0 Å². The maximum absolute atomic E-state index is 2.35. The van der Waals surface area contributed by atoms with Crippen LogP contribution in [-0.4, -0.2) is 21.0 Å². The SMILES string of the molecule is C1CCC2C(C1)CCC1S/C(=C3\SC4CCC5CCCCC5C4S3)SC12. The zero-order valence-electron chi connectivity index (χ0n) is 15.7. The highest BCUT2D eigenvalue weighted by molar-refractivity contribution is 8.31. The van der Waals surface area contributed by atoms with Gasteiger partial charge in [-0.15, -0.1) is 47.0 Å². The maximum Gasteiger partial charge on any atom is 0.0608 e. The molecule has 2 heterocycles. The Hall–Kier alpha value is 1.14. The molecular weight excluding hydrogens is 393 g/mol. The van der Waals surface area contributed by atoms with Crippen molar-refractivity contribution in [1.29, 1.82) is 0 Å². The van der Waals surface area contributed by atoms with Gasteiger partial charge in [0.25, 0.3) is 0 Å². The molecule has 2 saturated heterocycles. The normalized spacial score (nSPS) is 53.5. The summed E-state index contributed by atoms with van der Waals surface area (Å²) in [6, 6.07) is 0. The zero-order chi connectivity index (χ0) is 17.1. The fourth-order valence-electron chi connectivity index (χ4n) is 7.04. The van der Waals surface area contributed by atoms with Gasteiger partial charge in [0.1, 0.15) is 0 Å². The van der Waals surface area contributed by atoms with E-state index in [4.69, 9.17) is 0 Å². The van der Waals surface area contributed by atoms with Crippen LogP contribution in [0, 0.1) is 23.7 Å². The molecule has 0 spiro atoms. The van der Waals surface area contributed by atoms with Crippen molar-refractivity contribution in [3.05, 3.63) is 8.47 Å². The lowest BCUT2D eigenvalue weighted by Crippen LogP contribution is -2.38. The standard InChI is InChI=1S/C22H32S4/c1-3-7-15-13(5-1)9-11-17-19(15)25-21(23-17)22-24-18-12-10-14-6-2-4-8-16(14)20(18)26-22/h13-20H,1-12H2/b22-21-. The van der Waals surface area contributed by atoms with Gasteiger partial charge in [0.05, 0.1) is 8.47 Å². The molecule has 8 unspecified atom stereocenters. The van der Waals surface area contributed by atoms with E-state index < -0.39 is 0 Å². The molecule has 6 rings (SSSR count). The Balaban J connectivity index is 1.21. The number of hydrogen-bond donors (Lipinski definition) is 0. The summed E-state index contributed by atoms with van der Waals surface area (Å²) in [6.45, 7) is 0. The molecule has 8 atom stereocenters. The minimum absolute atomic E-state index is 0.952.